The summed E-state index contributed by atoms with van der Waals surface area (Å²) < 4.78 is 0. The molecule has 2 aliphatic heterocycles. The van der Waals surface area contributed by atoms with Crippen molar-refractivity contribution in [3.8, 4) is 0 Å². The van der Waals surface area contributed by atoms with Gasteiger partial charge in [-0.1, -0.05) is 0 Å². The minimum atomic E-state index is -0.478. The average molecular weight is 361 g/mol. The van der Waals surface area contributed by atoms with E-state index >= 15 is 0 Å². The minimum Gasteiger partial charge on any atom is -0.342 e. The molecule has 0 saturated carbocycles. The Labute approximate surface area is 151 Å². The number of anilines is 1. The summed E-state index contributed by atoms with van der Waals surface area (Å²) >= 11 is 0. The summed E-state index contributed by atoms with van der Waals surface area (Å²) in [6.07, 6.45) is 2.17. The molecule has 2 saturated heterocycles. The second kappa shape index (κ2) is 8.13. The summed E-state index contributed by atoms with van der Waals surface area (Å²) in [5.41, 5.74) is 0.506. The number of nitrogens with zero attached hydrogens (tertiary/aromatic N) is 4. The SMILES string of the molecule is O=C(CN1CCN(C(=O)Nc2ccc([N+](=O)[O-])cc2)CC1)N1CCCC1. The molecule has 0 radical (unpaired) electrons. The lowest BCUT2D eigenvalue weighted by Crippen LogP contribution is -2.52. The number of hydrogen-bond acceptors (Lipinski definition) is 5. The Balaban J connectivity index is 1.44. The first-order chi connectivity index (χ1) is 12.5. The van der Waals surface area contributed by atoms with E-state index in [1.54, 1.807) is 4.90 Å². The summed E-state index contributed by atoms with van der Waals surface area (Å²) in [6, 6.07) is 5.51. The van der Waals surface area contributed by atoms with E-state index in [0.717, 1.165) is 25.9 Å². The lowest BCUT2D eigenvalue weighted by molar-refractivity contribution is -0.384. The third-order valence-corrected chi connectivity index (χ3v) is 4.81. The normalized spacial score (nSPS) is 18.0. The quantitative estimate of drug-likeness (QED) is 0.645. The molecule has 3 rings (SSSR count). The van der Waals surface area contributed by atoms with Crippen LogP contribution < -0.4 is 5.32 Å². The molecule has 2 heterocycles. The Morgan fingerprint density at radius 3 is 2.15 bits per heavy atom. The number of nitro benzene ring substituents is 1. The first kappa shape index (κ1) is 18.1. The fourth-order valence-corrected chi connectivity index (χ4v) is 3.24. The summed E-state index contributed by atoms with van der Waals surface area (Å²) in [5, 5.41) is 13.4. The van der Waals surface area contributed by atoms with Gasteiger partial charge in [0.05, 0.1) is 11.5 Å². The van der Waals surface area contributed by atoms with Crippen molar-refractivity contribution >= 4 is 23.3 Å². The van der Waals surface area contributed by atoms with Gasteiger partial charge in [0.1, 0.15) is 0 Å². The van der Waals surface area contributed by atoms with E-state index in [1.807, 2.05) is 4.90 Å². The third-order valence-electron chi connectivity index (χ3n) is 4.81. The summed E-state index contributed by atoms with van der Waals surface area (Å²) in [5.74, 6) is 0.172. The molecule has 26 heavy (non-hydrogen) atoms. The number of carbonyl (C=O) groups is 2. The van der Waals surface area contributed by atoms with Crippen LogP contribution >= 0.6 is 0 Å². The van der Waals surface area contributed by atoms with Crippen LogP contribution in [0.3, 0.4) is 0 Å². The van der Waals surface area contributed by atoms with Crippen molar-refractivity contribution < 1.29 is 14.5 Å². The molecule has 0 unspecified atom stereocenters. The van der Waals surface area contributed by atoms with E-state index in [2.05, 4.69) is 10.2 Å². The molecule has 1 aromatic rings. The molecule has 9 nitrogen and oxygen atoms in total. The standard InChI is InChI=1S/C17H23N5O4/c23-16(20-7-1-2-8-20)13-19-9-11-21(12-10-19)17(24)18-14-3-5-15(6-4-14)22(25)26/h3-6H,1-2,7-13H2,(H,18,24). The Kier molecular flexibility index (Phi) is 5.67. The van der Waals surface area contributed by atoms with Crippen molar-refractivity contribution in [3.05, 3.63) is 34.4 Å². The minimum absolute atomic E-state index is 0.0146. The van der Waals surface area contributed by atoms with Crippen molar-refractivity contribution in [2.24, 2.45) is 0 Å². The molecule has 2 aliphatic rings. The Bertz CT molecular complexity index is 664. The van der Waals surface area contributed by atoms with Gasteiger partial charge in [-0.25, -0.2) is 4.79 Å². The van der Waals surface area contributed by atoms with Gasteiger partial charge < -0.3 is 15.1 Å². The largest absolute Gasteiger partial charge is 0.342 e. The van der Waals surface area contributed by atoms with Crippen molar-refractivity contribution in [3.63, 3.8) is 0 Å². The van der Waals surface area contributed by atoms with Crippen LogP contribution in [-0.4, -0.2) is 77.4 Å². The zero-order valence-electron chi connectivity index (χ0n) is 14.6. The Morgan fingerprint density at radius 1 is 0.962 bits per heavy atom. The molecule has 2 fully saturated rings. The van der Waals surface area contributed by atoms with Crippen LogP contribution in [0.25, 0.3) is 0 Å². The van der Waals surface area contributed by atoms with Crippen LogP contribution in [0.2, 0.25) is 0 Å². The smallest absolute Gasteiger partial charge is 0.321 e. The van der Waals surface area contributed by atoms with Crippen LogP contribution in [0.4, 0.5) is 16.2 Å². The van der Waals surface area contributed by atoms with Crippen LogP contribution in [0.1, 0.15) is 12.8 Å². The molecule has 140 valence electrons. The molecule has 0 aliphatic carbocycles. The monoisotopic (exact) mass is 361 g/mol. The van der Waals surface area contributed by atoms with Crippen molar-refractivity contribution in [1.82, 2.24) is 14.7 Å². The van der Waals surface area contributed by atoms with Gasteiger partial charge >= 0.3 is 6.03 Å². The van der Waals surface area contributed by atoms with E-state index in [-0.39, 0.29) is 17.6 Å². The molecular weight excluding hydrogens is 338 g/mol. The number of hydrogen-bond donors (Lipinski definition) is 1. The molecule has 0 spiro atoms. The molecule has 0 bridgehead atoms. The molecule has 0 atom stereocenters. The van der Waals surface area contributed by atoms with Crippen LogP contribution in [0.5, 0.6) is 0 Å². The van der Waals surface area contributed by atoms with E-state index in [1.165, 1.54) is 24.3 Å². The second-order valence-electron chi connectivity index (χ2n) is 6.59. The van der Waals surface area contributed by atoms with Gasteiger partial charge in [-0.2, -0.15) is 0 Å². The molecular formula is C17H23N5O4. The highest BCUT2D eigenvalue weighted by atomic mass is 16.6. The number of nitrogens with one attached hydrogen (secondary N) is 1. The second-order valence-corrected chi connectivity index (χ2v) is 6.59. The highest BCUT2D eigenvalue weighted by Crippen LogP contribution is 2.16. The van der Waals surface area contributed by atoms with E-state index in [4.69, 9.17) is 0 Å². The first-order valence-electron chi connectivity index (χ1n) is 8.83. The van der Waals surface area contributed by atoms with Gasteiger partial charge in [-0.05, 0) is 25.0 Å². The molecule has 1 aromatic carbocycles. The summed E-state index contributed by atoms with van der Waals surface area (Å²) in [6.45, 7) is 4.55. The van der Waals surface area contributed by atoms with E-state index in [9.17, 15) is 19.7 Å². The Hall–Kier alpha value is -2.68. The van der Waals surface area contributed by atoms with Crippen molar-refractivity contribution in [2.75, 3.05) is 51.1 Å². The van der Waals surface area contributed by atoms with Crippen molar-refractivity contribution in [2.45, 2.75) is 12.8 Å². The maximum atomic E-state index is 12.3. The molecule has 9 heteroatoms. The van der Waals surface area contributed by atoms with Gasteiger partial charge in [0, 0.05) is 57.1 Å². The maximum absolute atomic E-state index is 12.3. The van der Waals surface area contributed by atoms with E-state index in [0.29, 0.717) is 38.4 Å². The van der Waals surface area contributed by atoms with Crippen LogP contribution in [0, 0.1) is 10.1 Å². The summed E-state index contributed by atoms with van der Waals surface area (Å²) in [4.78, 5) is 40.4. The molecule has 1 N–H and O–H groups in total. The number of non-ortho nitro benzene ring substituents is 1. The fraction of sp³-hybridized carbons (Fsp3) is 0.529. The van der Waals surface area contributed by atoms with Crippen LogP contribution in [0.15, 0.2) is 24.3 Å². The number of nitro groups is 1. The van der Waals surface area contributed by atoms with Gasteiger partial charge in [-0.15, -0.1) is 0 Å². The highest BCUT2D eigenvalue weighted by Gasteiger charge is 2.25. The van der Waals surface area contributed by atoms with Gasteiger partial charge in [0.2, 0.25) is 5.91 Å². The Morgan fingerprint density at radius 2 is 1.58 bits per heavy atom. The number of benzene rings is 1. The maximum Gasteiger partial charge on any atom is 0.321 e. The van der Waals surface area contributed by atoms with Crippen molar-refractivity contribution in [1.29, 1.82) is 0 Å². The zero-order chi connectivity index (χ0) is 18.5. The number of amides is 3. The molecule has 3 amide bonds. The number of urea groups is 1. The number of likely N-dealkylation sites (tertiary alicyclic amines) is 1. The zero-order valence-corrected chi connectivity index (χ0v) is 14.6. The lowest BCUT2D eigenvalue weighted by Gasteiger charge is -2.34. The van der Waals surface area contributed by atoms with Crippen LogP contribution in [-0.2, 0) is 4.79 Å². The van der Waals surface area contributed by atoms with Gasteiger partial charge in [0.25, 0.3) is 5.69 Å². The fourth-order valence-electron chi connectivity index (χ4n) is 3.24. The topological polar surface area (TPSA) is 99.0 Å². The number of rotatable bonds is 4. The average Bonchev–Trinajstić information content (AvgIpc) is 3.17. The first-order valence-corrected chi connectivity index (χ1v) is 8.83. The van der Waals surface area contributed by atoms with E-state index < -0.39 is 4.92 Å². The van der Waals surface area contributed by atoms with Gasteiger partial charge in [0.15, 0.2) is 0 Å². The number of carbonyl (C=O) groups excluding carboxylic acids is 2. The van der Waals surface area contributed by atoms with Gasteiger partial charge in [-0.3, -0.25) is 19.8 Å². The summed E-state index contributed by atoms with van der Waals surface area (Å²) in [7, 11) is 0. The number of piperazine rings is 1. The third kappa shape index (κ3) is 4.48. The predicted molar refractivity (Wildman–Crippen MR) is 95.9 cm³/mol. The predicted octanol–water partition coefficient (Wildman–Crippen LogP) is 1.37. The lowest BCUT2D eigenvalue weighted by atomic mass is 10.3. The highest BCUT2D eigenvalue weighted by molar-refractivity contribution is 5.89. The molecule has 0 aromatic heterocycles.